The Labute approximate surface area is 192 Å². The molecule has 0 aromatic carbocycles. The topological polar surface area (TPSA) is 71.2 Å². The van der Waals surface area contributed by atoms with Crippen LogP contribution in [0.4, 0.5) is 27.6 Å². The molecule has 7 nitrogen and oxygen atoms in total. The van der Waals surface area contributed by atoms with Gasteiger partial charge in [-0.15, -0.1) is 0 Å². The van der Waals surface area contributed by atoms with E-state index in [1.54, 1.807) is 37.5 Å². The number of hydrogen-bond donors (Lipinski definition) is 0. The Kier molecular flexibility index (Phi) is 6.78. The van der Waals surface area contributed by atoms with Crippen molar-refractivity contribution < 1.29 is 26.5 Å². The van der Waals surface area contributed by atoms with Gasteiger partial charge in [0, 0.05) is 51.3 Å². The van der Waals surface area contributed by atoms with E-state index in [9.17, 15) is 22.0 Å². The lowest BCUT2D eigenvalue weighted by Gasteiger charge is -2.32. The number of aromatic nitrogens is 4. The van der Waals surface area contributed by atoms with Crippen molar-refractivity contribution in [2.45, 2.75) is 31.4 Å². The van der Waals surface area contributed by atoms with Gasteiger partial charge in [0.25, 0.3) is 5.92 Å². The van der Waals surface area contributed by atoms with Gasteiger partial charge in [-0.05, 0) is 31.2 Å². The second kappa shape index (κ2) is 9.61. The fraction of sp³-hybridized carbons (Fsp3) is 0.455. The van der Waals surface area contributed by atoms with Gasteiger partial charge < -0.3 is 14.3 Å². The molecule has 0 amide bonds. The summed E-state index contributed by atoms with van der Waals surface area (Å²) in [5.74, 6) is -4.25. The molecule has 4 rings (SSSR count). The molecule has 1 fully saturated rings. The summed E-state index contributed by atoms with van der Waals surface area (Å²) in [6.07, 6.45) is -1.27. The smallest absolute Gasteiger partial charge is 0.373 e. The maximum absolute atomic E-state index is 13.3. The van der Waals surface area contributed by atoms with E-state index in [0.29, 0.717) is 55.2 Å². The Bertz CT molecular complexity index is 1090. The molecule has 0 aliphatic carbocycles. The molecule has 4 heterocycles. The number of hydrogen-bond acceptors (Lipinski definition) is 7. The zero-order valence-electron chi connectivity index (χ0n) is 18.4. The van der Waals surface area contributed by atoms with E-state index in [1.165, 1.54) is 6.20 Å². The third-order valence-corrected chi connectivity index (χ3v) is 5.69. The minimum Gasteiger partial charge on any atom is -0.373 e. The normalized spacial score (nSPS) is 16.5. The average molecular weight is 482 g/mol. The van der Waals surface area contributed by atoms with Gasteiger partial charge in [-0.1, -0.05) is 11.2 Å². The molecule has 1 aliphatic rings. The highest BCUT2D eigenvalue weighted by atomic mass is 19.4. The third-order valence-electron chi connectivity index (χ3n) is 5.69. The molecular weight excluding hydrogens is 459 g/mol. The fourth-order valence-corrected chi connectivity index (χ4v) is 3.79. The van der Waals surface area contributed by atoms with Gasteiger partial charge in [-0.3, -0.25) is 9.97 Å². The van der Waals surface area contributed by atoms with Crippen molar-refractivity contribution in [1.82, 2.24) is 25.0 Å². The Morgan fingerprint density at radius 2 is 1.88 bits per heavy atom. The monoisotopic (exact) mass is 482 g/mol. The summed E-state index contributed by atoms with van der Waals surface area (Å²) in [6, 6.07) is 6.82. The van der Waals surface area contributed by atoms with Crippen LogP contribution in [0.1, 0.15) is 25.2 Å². The van der Waals surface area contributed by atoms with Crippen LogP contribution >= 0.6 is 0 Å². The molecule has 3 aromatic rings. The van der Waals surface area contributed by atoms with E-state index in [0.717, 1.165) is 0 Å². The zero-order chi connectivity index (χ0) is 24.3. The summed E-state index contributed by atoms with van der Waals surface area (Å²) in [5, 5.41) is 3.54. The molecule has 1 saturated heterocycles. The Morgan fingerprint density at radius 1 is 1.12 bits per heavy atom. The van der Waals surface area contributed by atoms with Crippen molar-refractivity contribution in [3.8, 4) is 22.8 Å². The first-order chi connectivity index (χ1) is 16.1. The fourth-order valence-electron chi connectivity index (χ4n) is 3.79. The van der Waals surface area contributed by atoms with Gasteiger partial charge in [-0.25, -0.2) is 8.78 Å². The van der Waals surface area contributed by atoms with Crippen molar-refractivity contribution in [3.63, 3.8) is 0 Å². The molecule has 1 aliphatic heterocycles. The van der Waals surface area contributed by atoms with E-state index in [4.69, 9.17) is 0 Å². The maximum atomic E-state index is 13.3. The molecule has 0 atom stereocenters. The van der Waals surface area contributed by atoms with E-state index in [1.807, 2.05) is 9.80 Å². The highest BCUT2D eigenvalue weighted by Gasteiger charge is 2.39. The van der Waals surface area contributed by atoms with E-state index in [2.05, 4.69) is 24.6 Å². The van der Waals surface area contributed by atoms with Gasteiger partial charge in [-0.2, -0.15) is 18.2 Å². The van der Waals surface area contributed by atoms with Crippen LogP contribution in [-0.2, 0) is 6.18 Å². The number of halogens is 5. The first-order valence-corrected chi connectivity index (χ1v) is 10.8. The minimum absolute atomic E-state index is 0.148. The zero-order valence-corrected chi connectivity index (χ0v) is 18.4. The van der Waals surface area contributed by atoms with Crippen molar-refractivity contribution in [2.75, 3.05) is 38.1 Å². The molecule has 0 saturated carbocycles. The number of alkyl halides is 5. The van der Waals surface area contributed by atoms with Crippen LogP contribution in [0.3, 0.4) is 0 Å². The van der Waals surface area contributed by atoms with Crippen LogP contribution < -0.4 is 4.90 Å². The predicted molar refractivity (Wildman–Crippen MR) is 114 cm³/mol. The minimum atomic E-state index is -4.76. The van der Waals surface area contributed by atoms with Crippen LogP contribution in [0.5, 0.6) is 0 Å². The van der Waals surface area contributed by atoms with Crippen molar-refractivity contribution in [1.29, 1.82) is 0 Å². The number of pyridine rings is 2. The number of likely N-dealkylation sites (tertiary alicyclic amines) is 1. The molecule has 0 spiro atoms. The molecule has 0 radical (unpaired) electrons. The lowest BCUT2D eigenvalue weighted by atomic mass is 10.1. The van der Waals surface area contributed by atoms with E-state index < -0.39 is 18.0 Å². The van der Waals surface area contributed by atoms with Gasteiger partial charge in [0.05, 0.1) is 23.3 Å². The second-order valence-corrected chi connectivity index (χ2v) is 8.20. The summed E-state index contributed by atoms with van der Waals surface area (Å²) < 4.78 is 70.2. The van der Waals surface area contributed by atoms with Crippen molar-refractivity contribution in [2.24, 2.45) is 0 Å². The number of anilines is 1. The number of piperidine rings is 1. The predicted octanol–water partition coefficient (Wildman–Crippen LogP) is 4.77. The molecule has 0 bridgehead atoms. The Morgan fingerprint density at radius 3 is 2.53 bits per heavy atom. The van der Waals surface area contributed by atoms with Crippen LogP contribution in [0.15, 0.2) is 41.2 Å². The van der Waals surface area contributed by atoms with Crippen LogP contribution in [0.25, 0.3) is 22.8 Å². The largest absolute Gasteiger partial charge is 0.471 e. The molecule has 0 unspecified atom stereocenters. The van der Waals surface area contributed by atoms with Gasteiger partial charge in [0.2, 0.25) is 5.82 Å². The van der Waals surface area contributed by atoms with E-state index in [-0.39, 0.29) is 18.7 Å². The quantitative estimate of drug-likeness (QED) is 0.449. The Balaban J connectivity index is 1.54. The summed E-state index contributed by atoms with van der Waals surface area (Å²) in [6.45, 7) is 1.83. The summed E-state index contributed by atoms with van der Waals surface area (Å²) in [4.78, 5) is 16.0. The summed E-state index contributed by atoms with van der Waals surface area (Å²) >= 11 is 0. The number of nitrogens with zero attached hydrogens (tertiary/aromatic N) is 6. The molecule has 0 N–H and O–H groups in total. The van der Waals surface area contributed by atoms with Crippen LogP contribution in [0, 0.1) is 0 Å². The van der Waals surface area contributed by atoms with Crippen LogP contribution in [0.2, 0.25) is 0 Å². The molecular formula is C22H23F5N6O. The molecule has 12 heteroatoms. The lowest BCUT2D eigenvalue weighted by Crippen LogP contribution is -2.40. The van der Waals surface area contributed by atoms with Crippen molar-refractivity contribution >= 4 is 5.69 Å². The van der Waals surface area contributed by atoms with E-state index >= 15 is 0 Å². The third kappa shape index (κ3) is 5.66. The highest BCUT2D eigenvalue weighted by Crippen LogP contribution is 2.34. The first-order valence-electron chi connectivity index (χ1n) is 10.8. The standard InChI is InChI=1S/C22H23F5N6O/c1-32(9-4-10-33-11-6-21(23,24)7-12-33)18-14-29-17(16-5-2-3-8-28-16)13-15(18)19-30-20(34-31-19)22(25,26)27/h2-3,5,8,13-14H,4,6-7,9-12H2,1H3. The SMILES string of the molecule is CN(CCCN1CCC(F)(F)CC1)c1cnc(-c2ccccn2)cc1-c1noc(C(F)(F)F)n1. The average Bonchev–Trinajstić information content (AvgIpc) is 3.31. The van der Waals surface area contributed by atoms with Gasteiger partial charge in [0.15, 0.2) is 0 Å². The Hall–Kier alpha value is -3.15. The first kappa shape index (κ1) is 24.0. The van der Waals surface area contributed by atoms with Gasteiger partial charge >= 0.3 is 12.1 Å². The lowest BCUT2D eigenvalue weighted by molar-refractivity contribution is -0.159. The second-order valence-electron chi connectivity index (χ2n) is 8.20. The maximum Gasteiger partial charge on any atom is 0.471 e. The molecule has 34 heavy (non-hydrogen) atoms. The molecule has 3 aromatic heterocycles. The summed E-state index contributed by atoms with van der Waals surface area (Å²) in [5.41, 5.74) is 1.81. The summed E-state index contributed by atoms with van der Waals surface area (Å²) in [7, 11) is 1.77. The van der Waals surface area contributed by atoms with Crippen molar-refractivity contribution in [3.05, 3.63) is 42.5 Å². The van der Waals surface area contributed by atoms with Crippen LogP contribution in [-0.4, -0.2) is 64.2 Å². The highest BCUT2D eigenvalue weighted by molar-refractivity contribution is 5.77. The number of rotatable bonds is 7. The molecule has 182 valence electrons. The van der Waals surface area contributed by atoms with Gasteiger partial charge in [0.1, 0.15) is 0 Å².